The van der Waals surface area contributed by atoms with Crippen molar-refractivity contribution in [3.05, 3.63) is 30.3 Å². The second-order valence-electron chi connectivity index (χ2n) is 2.80. The number of benzene rings is 1. The molecule has 0 amide bonds. The molecule has 0 bridgehead atoms. The number of quaternary nitrogens is 1. The van der Waals surface area contributed by atoms with Crippen LogP contribution in [-0.4, -0.2) is 12.4 Å². The molecule has 2 N–H and O–H groups in total. The fourth-order valence-electron chi connectivity index (χ4n) is 1.10. The van der Waals surface area contributed by atoms with E-state index in [1.165, 1.54) is 12.1 Å². The number of para-hydroxylation sites is 1. The highest BCUT2D eigenvalue weighted by molar-refractivity contribution is 6.17. The molecule has 0 aliphatic carbocycles. The van der Waals surface area contributed by atoms with Crippen LogP contribution in [0.1, 0.15) is 12.8 Å². The summed E-state index contributed by atoms with van der Waals surface area (Å²) >= 11 is 5.57. The minimum atomic E-state index is 0.780. The van der Waals surface area contributed by atoms with Gasteiger partial charge < -0.3 is 5.32 Å². The van der Waals surface area contributed by atoms with Gasteiger partial charge in [0.05, 0.1) is 6.54 Å². The van der Waals surface area contributed by atoms with Gasteiger partial charge in [-0.1, -0.05) is 18.2 Å². The SMILES string of the molecule is ClCCCC[NH2+]c1ccccc1. The molecule has 1 nitrogen and oxygen atoms in total. The van der Waals surface area contributed by atoms with Crippen molar-refractivity contribution in [2.45, 2.75) is 12.8 Å². The number of rotatable bonds is 5. The van der Waals surface area contributed by atoms with Gasteiger partial charge in [-0.3, -0.25) is 0 Å². The molecule has 0 aliphatic heterocycles. The van der Waals surface area contributed by atoms with Gasteiger partial charge in [0.15, 0.2) is 0 Å². The number of nitrogens with two attached hydrogens (primary N) is 1. The molecule has 0 heterocycles. The average Bonchev–Trinajstić information content (AvgIpc) is 2.14. The summed E-state index contributed by atoms with van der Waals surface area (Å²) in [5.74, 6) is 0.780. The van der Waals surface area contributed by atoms with E-state index in [0.717, 1.165) is 18.8 Å². The smallest absolute Gasteiger partial charge is 0.129 e. The number of halogens is 1. The molecule has 1 aromatic carbocycles. The monoisotopic (exact) mass is 184 g/mol. The predicted molar refractivity (Wildman–Crippen MR) is 52.8 cm³/mol. The highest BCUT2D eigenvalue weighted by atomic mass is 35.5. The maximum Gasteiger partial charge on any atom is 0.129 e. The van der Waals surface area contributed by atoms with Crippen LogP contribution in [0.15, 0.2) is 30.3 Å². The van der Waals surface area contributed by atoms with Crippen LogP contribution in [0.3, 0.4) is 0 Å². The van der Waals surface area contributed by atoms with E-state index in [1.807, 2.05) is 6.07 Å². The molecule has 2 heteroatoms. The van der Waals surface area contributed by atoms with E-state index in [-0.39, 0.29) is 0 Å². The van der Waals surface area contributed by atoms with Crippen LogP contribution in [0.25, 0.3) is 0 Å². The van der Waals surface area contributed by atoms with E-state index >= 15 is 0 Å². The summed E-state index contributed by atoms with van der Waals surface area (Å²) in [4.78, 5) is 0. The lowest BCUT2D eigenvalue weighted by molar-refractivity contribution is -0.571. The van der Waals surface area contributed by atoms with Gasteiger partial charge in [-0.2, -0.15) is 0 Å². The van der Waals surface area contributed by atoms with Crippen LogP contribution in [0, 0.1) is 0 Å². The third-order valence-corrected chi connectivity index (χ3v) is 2.03. The topological polar surface area (TPSA) is 16.6 Å². The van der Waals surface area contributed by atoms with Crippen molar-refractivity contribution in [1.82, 2.24) is 0 Å². The van der Waals surface area contributed by atoms with Gasteiger partial charge in [0, 0.05) is 5.88 Å². The summed E-state index contributed by atoms with van der Waals surface area (Å²) in [6, 6.07) is 10.4. The van der Waals surface area contributed by atoms with Crippen LogP contribution < -0.4 is 5.32 Å². The maximum absolute atomic E-state index is 5.57. The van der Waals surface area contributed by atoms with Crippen molar-refractivity contribution in [2.24, 2.45) is 0 Å². The first-order valence-electron chi connectivity index (χ1n) is 4.37. The van der Waals surface area contributed by atoms with Crippen LogP contribution >= 0.6 is 11.6 Å². The van der Waals surface area contributed by atoms with Gasteiger partial charge in [0.25, 0.3) is 0 Å². The summed E-state index contributed by atoms with van der Waals surface area (Å²) in [6.07, 6.45) is 2.31. The summed E-state index contributed by atoms with van der Waals surface area (Å²) in [7, 11) is 0. The van der Waals surface area contributed by atoms with Crippen molar-refractivity contribution >= 4 is 17.3 Å². The van der Waals surface area contributed by atoms with Gasteiger partial charge >= 0.3 is 0 Å². The normalized spacial score (nSPS) is 10.1. The lowest BCUT2D eigenvalue weighted by atomic mass is 10.3. The molecule has 12 heavy (non-hydrogen) atoms. The summed E-state index contributed by atoms with van der Waals surface area (Å²) < 4.78 is 0. The summed E-state index contributed by atoms with van der Waals surface area (Å²) in [5.41, 5.74) is 1.31. The van der Waals surface area contributed by atoms with Crippen LogP contribution in [-0.2, 0) is 0 Å². The van der Waals surface area contributed by atoms with E-state index in [4.69, 9.17) is 11.6 Å². The Morgan fingerprint density at radius 2 is 1.83 bits per heavy atom. The van der Waals surface area contributed by atoms with Gasteiger partial charge in [0.1, 0.15) is 5.69 Å². The lowest BCUT2D eigenvalue weighted by Gasteiger charge is -1.98. The quantitative estimate of drug-likeness (QED) is 0.409. The zero-order valence-corrected chi connectivity index (χ0v) is 7.93. The Labute approximate surface area is 78.7 Å². The van der Waals surface area contributed by atoms with E-state index < -0.39 is 0 Å². The number of alkyl halides is 1. The van der Waals surface area contributed by atoms with Gasteiger partial charge in [-0.25, -0.2) is 0 Å². The fraction of sp³-hybridized carbons (Fsp3) is 0.400. The highest BCUT2D eigenvalue weighted by Crippen LogP contribution is 1.96. The average molecular weight is 185 g/mol. The van der Waals surface area contributed by atoms with E-state index in [0.29, 0.717) is 0 Å². The van der Waals surface area contributed by atoms with Gasteiger partial charge in [0.2, 0.25) is 0 Å². The van der Waals surface area contributed by atoms with Gasteiger partial charge in [-0.15, -0.1) is 11.6 Å². The van der Waals surface area contributed by atoms with Crippen molar-refractivity contribution in [3.63, 3.8) is 0 Å². The third kappa shape index (κ3) is 3.74. The van der Waals surface area contributed by atoms with E-state index in [9.17, 15) is 0 Å². The molecule has 66 valence electrons. The number of hydrogen-bond acceptors (Lipinski definition) is 0. The Kier molecular flexibility index (Phi) is 4.81. The minimum Gasteiger partial charge on any atom is -0.314 e. The molecular formula is C10H15ClN+. The summed E-state index contributed by atoms with van der Waals surface area (Å²) in [5, 5.41) is 2.26. The molecule has 0 spiro atoms. The van der Waals surface area contributed by atoms with Gasteiger partial charge in [-0.05, 0) is 25.0 Å². The van der Waals surface area contributed by atoms with E-state index in [1.54, 1.807) is 0 Å². The Morgan fingerprint density at radius 3 is 2.50 bits per heavy atom. The highest BCUT2D eigenvalue weighted by Gasteiger charge is 1.93. The largest absolute Gasteiger partial charge is 0.314 e. The Hall–Kier alpha value is -0.530. The van der Waals surface area contributed by atoms with E-state index in [2.05, 4.69) is 29.6 Å². The first-order valence-corrected chi connectivity index (χ1v) is 4.91. The molecule has 0 saturated carbocycles. The molecular weight excluding hydrogens is 170 g/mol. The molecule has 0 saturated heterocycles. The predicted octanol–water partition coefficient (Wildman–Crippen LogP) is 1.90. The fourth-order valence-corrected chi connectivity index (χ4v) is 1.29. The molecule has 0 radical (unpaired) electrons. The second kappa shape index (κ2) is 6.04. The summed E-state index contributed by atoms with van der Waals surface area (Å²) in [6.45, 7) is 1.14. The molecule has 0 aromatic heterocycles. The third-order valence-electron chi connectivity index (χ3n) is 1.77. The van der Waals surface area contributed by atoms with Crippen molar-refractivity contribution in [2.75, 3.05) is 12.4 Å². The zero-order chi connectivity index (χ0) is 8.65. The molecule has 1 rings (SSSR count). The molecule has 1 aromatic rings. The Balaban J connectivity index is 2.16. The first kappa shape index (κ1) is 9.56. The Morgan fingerprint density at radius 1 is 1.08 bits per heavy atom. The number of hydrogen-bond donors (Lipinski definition) is 1. The van der Waals surface area contributed by atoms with Crippen molar-refractivity contribution in [1.29, 1.82) is 0 Å². The van der Waals surface area contributed by atoms with Crippen LogP contribution in [0.4, 0.5) is 5.69 Å². The number of unbranched alkanes of at least 4 members (excludes halogenated alkanes) is 1. The standard InChI is InChI=1S/C10H14ClN/c11-8-4-5-9-12-10-6-2-1-3-7-10/h1-3,6-7,12H,4-5,8-9H2/p+1. The van der Waals surface area contributed by atoms with Crippen molar-refractivity contribution in [3.8, 4) is 0 Å². The molecule has 0 atom stereocenters. The van der Waals surface area contributed by atoms with Crippen LogP contribution in [0.2, 0.25) is 0 Å². The lowest BCUT2D eigenvalue weighted by Crippen LogP contribution is -2.77. The first-order chi connectivity index (χ1) is 5.93. The Bertz CT molecular complexity index is 198. The second-order valence-corrected chi connectivity index (χ2v) is 3.18. The maximum atomic E-state index is 5.57. The van der Waals surface area contributed by atoms with Crippen molar-refractivity contribution < 1.29 is 5.32 Å². The zero-order valence-electron chi connectivity index (χ0n) is 7.17. The molecule has 0 fully saturated rings. The minimum absolute atomic E-state index is 0.780. The molecule has 0 aliphatic rings. The van der Waals surface area contributed by atoms with Crippen LogP contribution in [0.5, 0.6) is 0 Å². The molecule has 0 unspecified atom stereocenters.